The molecule has 1 fully saturated rings. The third-order valence-corrected chi connectivity index (χ3v) is 6.28. The summed E-state index contributed by atoms with van der Waals surface area (Å²) in [4.78, 5) is 21.2. The monoisotopic (exact) mass is 323 g/mol. The maximum atomic E-state index is 11.9. The number of carbonyl (C=O) groups excluding carboxylic acids is 1. The van der Waals surface area contributed by atoms with Crippen molar-refractivity contribution in [3.8, 4) is 0 Å². The van der Waals surface area contributed by atoms with Crippen LogP contribution < -0.4 is 5.32 Å². The number of amides is 1. The predicted molar refractivity (Wildman–Crippen MR) is 87.0 cm³/mol. The topological polar surface area (TPSA) is 54.9 Å². The number of hydrogen-bond acceptors (Lipinski definition) is 5. The second-order valence-corrected chi connectivity index (χ2v) is 8.09. The van der Waals surface area contributed by atoms with Crippen LogP contribution in [0.25, 0.3) is 0 Å². The van der Waals surface area contributed by atoms with Gasteiger partial charge in [0, 0.05) is 23.3 Å². The van der Waals surface area contributed by atoms with Crippen molar-refractivity contribution < 1.29 is 4.79 Å². The number of fused-ring (bicyclic) bond motifs is 1. The average Bonchev–Trinajstić information content (AvgIpc) is 3.22. The minimum absolute atomic E-state index is 0.124. The van der Waals surface area contributed by atoms with Crippen LogP contribution in [0.3, 0.4) is 0 Å². The van der Waals surface area contributed by atoms with Gasteiger partial charge < -0.3 is 5.32 Å². The van der Waals surface area contributed by atoms with E-state index in [0.29, 0.717) is 23.0 Å². The van der Waals surface area contributed by atoms with E-state index in [9.17, 15) is 4.79 Å². The molecule has 114 valence electrons. The molecule has 4 nitrogen and oxygen atoms in total. The van der Waals surface area contributed by atoms with Crippen LogP contribution in [-0.2, 0) is 11.2 Å². The molecule has 0 saturated heterocycles. The SMILES string of the molecule is CCc1nc(SCC(=O)NC2CC2)c2c(n1)S[C@@H](C)[C@H]2C. The maximum Gasteiger partial charge on any atom is 0.230 e. The molecule has 1 aromatic heterocycles. The molecule has 1 aromatic rings. The van der Waals surface area contributed by atoms with E-state index >= 15 is 0 Å². The fourth-order valence-corrected chi connectivity index (χ4v) is 4.65. The summed E-state index contributed by atoms with van der Waals surface area (Å²) >= 11 is 3.40. The van der Waals surface area contributed by atoms with Gasteiger partial charge in [0.2, 0.25) is 5.91 Å². The van der Waals surface area contributed by atoms with Crippen molar-refractivity contribution in [3.63, 3.8) is 0 Å². The first-order chi connectivity index (χ1) is 10.1. The minimum atomic E-state index is 0.124. The Bertz CT molecular complexity index is 560. The summed E-state index contributed by atoms with van der Waals surface area (Å²) in [5.74, 6) is 1.91. The van der Waals surface area contributed by atoms with Gasteiger partial charge in [0.25, 0.3) is 0 Å². The summed E-state index contributed by atoms with van der Waals surface area (Å²) < 4.78 is 0. The molecule has 0 aromatic carbocycles. The van der Waals surface area contributed by atoms with Crippen LogP contribution in [0, 0.1) is 0 Å². The molecule has 1 N–H and O–H groups in total. The van der Waals surface area contributed by atoms with E-state index < -0.39 is 0 Å². The van der Waals surface area contributed by atoms with Crippen LogP contribution in [0.1, 0.15) is 50.9 Å². The van der Waals surface area contributed by atoms with Crippen LogP contribution in [0.4, 0.5) is 0 Å². The van der Waals surface area contributed by atoms with Crippen LogP contribution in [0.5, 0.6) is 0 Å². The lowest BCUT2D eigenvalue weighted by Crippen LogP contribution is -2.27. The third kappa shape index (κ3) is 3.37. The molecule has 2 heterocycles. The summed E-state index contributed by atoms with van der Waals surface area (Å²) in [7, 11) is 0. The molecule has 3 rings (SSSR count). The molecule has 1 aliphatic heterocycles. The minimum Gasteiger partial charge on any atom is -0.353 e. The Morgan fingerprint density at radius 1 is 1.38 bits per heavy atom. The lowest BCUT2D eigenvalue weighted by molar-refractivity contribution is -0.118. The highest BCUT2D eigenvalue weighted by Gasteiger charge is 2.32. The Balaban J connectivity index is 1.76. The molecule has 0 spiro atoms. The van der Waals surface area contributed by atoms with E-state index in [0.717, 1.165) is 35.1 Å². The van der Waals surface area contributed by atoms with Crippen molar-refractivity contribution in [2.75, 3.05) is 5.75 Å². The number of nitrogens with one attached hydrogen (secondary N) is 1. The quantitative estimate of drug-likeness (QED) is 0.667. The Kier molecular flexibility index (Phi) is 4.45. The number of aryl methyl sites for hydroxylation is 1. The Hall–Kier alpha value is -0.750. The van der Waals surface area contributed by atoms with Gasteiger partial charge in [0.05, 0.1) is 5.75 Å². The summed E-state index contributed by atoms with van der Waals surface area (Å²) in [6, 6.07) is 0.426. The normalized spacial score (nSPS) is 24.0. The summed E-state index contributed by atoms with van der Waals surface area (Å²) in [5, 5.41) is 5.68. The lowest BCUT2D eigenvalue weighted by Gasteiger charge is -2.12. The highest BCUT2D eigenvalue weighted by atomic mass is 32.2. The standard InChI is InChI=1S/C15H21N3OS2/c1-4-11-17-14(20-7-12(19)16-10-5-6-10)13-8(2)9(3)21-15(13)18-11/h8-10H,4-7H2,1-3H3,(H,16,19)/t8-,9+/m1/s1. The highest BCUT2D eigenvalue weighted by molar-refractivity contribution is 8.01. The molecule has 1 saturated carbocycles. The lowest BCUT2D eigenvalue weighted by atomic mass is 10.0. The van der Waals surface area contributed by atoms with Gasteiger partial charge in [-0.15, -0.1) is 11.8 Å². The van der Waals surface area contributed by atoms with Gasteiger partial charge >= 0.3 is 0 Å². The first kappa shape index (κ1) is 15.2. The van der Waals surface area contributed by atoms with Gasteiger partial charge in [0.15, 0.2) is 0 Å². The van der Waals surface area contributed by atoms with Crippen molar-refractivity contribution in [1.29, 1.82) is 0 Å². The molecule has 1 aliphatic carbocycles. The molecule has 0 radical (unpaired) electrons. The van der Waals surface area contributed by atoms with Crippen molar-refractivity contribution in [1.82, 2.24) is 15.3 Å². The highest BCUT2D eigenvalue weighted by Crippen LogP contribution is 2.47. The van der Waals surface area contributed by atoms with Gasteiger partial charge in [-0.25, -0.2) is 9.97 Å². The van der Waals surface area contributed by atoms with Gasteiger partial charge in [0.1, 0.15) is 15.9 Å². The summed E-state index contributed by atoms with van der Waals surface area (Å²) in [6.45, 7) is 6.53. The molecule has 0 unspecified atom stereocenters. The second kappa shape index (κ2) is 6.16. The molecular formula is C15H21N3OS2. The largest absolute Gasteiger partial charge is 0.353 e. The zero-order valence-corrected chi connectivity index (χ0v) is 14.3. The predicted octanol–water partition coefficient (Wildman–Crippen LogP) is 3.01. The van der Waals surface area contributed by atoms with E-state index in [2.05, 4.69) is 36.1 Å². The van der Waals surface area contributed by atoms with Gasteiger partial charge in [-0.2, -0.15) is 0 Å². The van der Waals surface area contributed by atoms with E-state index in [1.165, 1.54) is 5.56 Å². The van der Waals surface area contributed by atoms with E-state index in [1.54, 1.807) is 11.8 Å². The molecule has 2 atom stereocenters. The number of carbonyl (C=O) groups is 1. The smallest absolute Gasteiger partial charge is 0.230 e. The number of aromatic nitrogens is 2. The molecule has 2 aliphatic rings. The fraction of sp³-hybridized carbons (Fsp3) is 0.667. The number of thioether (sulfide) groups is 2. The van der Waals surface area contributed by atoms with Gasteiger partial charge in [-0.3, -0.25) is 4.79 Å². The Morgan fingerprint density at radius 2 is 2.14 bits per heavy atom. The molecule has 1 amide bonds. The number of rotatable bonds is 5. The van der Waals surface area contributed by atoms with Crippen LogP contribution in [-0.4, -0.2) is 32.9 Å². The molecule has 21 heavy (non-hydrogen) atoms. The van der Waals surface area contributed by atoms with Crippen molar-refractivity contribution in [2.45, 2.75) is 67.3 Å². The van der Waals surface area contributed by atoms with E-state index in [1.807, 2.05) is 11.8 Å². The summed E-state index contributed by atoms with van der Waals surface area (Å²) in [5.41, 5.74) is 1.24. The Morgan fingerprint density at radius 3 is 2.81 bits per heavy atom. The van der Waals surface area contributed by atoms with E-state index in [-0.39, 0.29) is 5.91 Å². The van der Waals surface area contributed by atoms with Crippen molar-refractivity contribution >= 4 is 29.4 Å². The first-order valence-corrected chi connectivity index (χ1v) is 9.44. The van der Waals surface area contributed by atoms with Crippen molar-refractivity contribution in [2.24, 2.45) is 0 Å². The van der Waals surface area contributed by atoms with Crippen molar-refractivity contribution in [3.05, 3.63) is 11.4 Å². The molecule has 6 heteroatoms. The van der Waals surface area contributed by atoms with Gasteiger partial charge in [-0.05, 0) is 18.8 Å². The van der Waals surface area contributed by atoms with Gasteiger partial charge in [-0.1, -0.05) is 32.5 Å². The fourth-order valence-electron chi connectivity index (χ4n) is 2.36. The molecule has 0 bridgehead atoms. The van der Waals surface area contributed by atoms with Crippen LogP contribution >= 0.6 is 23.5 Å². The van der Waals surface area contributed by atoms with Crippen LogP contribution in [0.15, 0.2) is 10.1 Å². The van der Waals surface area contributed by atoms with Crippen LogP contribution in [0.2, 0.25) is 0 Å². The Labute approximate surface area is 134 Å². The average molecular weight is 323 g/mol. The number of hydrogen-bond donors (Lipinski definition) is 1. The second-order valence-electron chi connectivity index (χ2n) is 5.76. The maximum absolute atomic E-state index is 11.9. The third-order valence-electron chi connectivity index (χ3n) is 3.98. The zero-order chi connectivity index (χ0) is 15.0. The summed E-state index contributed by atoms with van der Waals surface area (Å²) in [6.07, 6.45) is 3.09. The van der Waals surface area contributed by atoms with E-state index in [4.69, 9.17) is 0 Å². The first-order valence-electron chi connectivity index (χ1n) is 7.58. The zero-order valence-electron chi connectivity index (χ0n) is 12.7. The number of nitrogens with zero attached hydrogens (tertiary/aromatic N) is 2. The molecular weight excluding hydrogens is 302 g/mol.